The van der Waals surface area contributed by atoms with Gasteiger partial charge in [-0.25, -0.2) is 0 Å². The molecule has 0 spiro atoms. The number of nitrogens with zero attached hydrogens (tertiary/aromatic N) is 1. The summed E-state index contributed by atoms with van der Waals surface area (Å²) in [6.45, 7) is 0.0473. The van der Waals surface area contributed by atoms with Gasteiger partial charge in [-0.3, -0.25) is 10.1 Å². The molecule has 0 aliphatic carbocycles. The monoisotopic (exact) mass is 343 g/mol. The van der Waals surface area contributed by atoms with Gasteiger partial charge >= 0.3 is 0 Å². The van der Waals surface area contributed by atoms with Gasteiger partial charge in [0.2, 0.25) is 0 Å². The van der Waals surface area contributed by atoms with Gasteiger partial charge in [0.25, 0.3) is 5.69 Å². The van der Waals surface area contributed by atoms with Crippen LogP contribution in [0.3, 0.4) is 0 Å². The van der Waals surface area contributed by atoms with Crippen molar-refractivity contribution in [1.82, 2.24) is 0 Å². The maximum atomic E-state index is 10.6. The average Bonchev–Trinajstić information content (AvgIpc) is 2.81. The highest BCUT2D eigenvalue weighted by Crippen LogP contribution is 2.28. The Morgan fingerprint density at radius 3 is 2.79 bits per heavy atom. The van der Waals surface area contributed by atoms with Crippen molar-refractivity contribution in [3.63, 3.8) is 0 Å². The largest absolute Gasteiger partial charge is 0.488 e. The van der Waals surface area contributed by atoms with E-state index >= 15 is 0 Å². The Hall–Kier alpha value is -1.44. The topological polar surface area (TPSA) is 72.6 Å². The fourth-order valence-electron chi connectivity index (χ4n) is 1.52. The molecule has 19 heavy (non-hydrogen) atoms. The summed E-state index contributed by atoms with van der Waals surface area (Å²) >= 11 is 4.95. The number of halogens is 1. The maximum Gasteiger partial charge on any atom is 0.270 e. The minimum atomic E-state index is -0.501. The second-order valence-electron chi connectivity index (χ2n) is 3.69. The number of hydrogen-bond donors (Lipinski definition) is 1. The van der Waals surface area contributed by atoms with Gasteiger partial charge in [-0.05, 0) is 33.4 Å². The van der Waals surface area contributed by atoms with Crippen molar-refractivity contribution >= 4 is 33.0 Å². The molecule has 7 heteroatoms. The SMILES string of the molecule is O=[N+]([O-])c1ccc(OCc2sccc2Br)c(CO)c1. The Bertz CT molecular complexity index is 599. The first kappa shape index (κ1) is 14.0. The molecule has 0 radical (unpaired) electrons. The molecule has 0 aliphatic rings. The van der Waals surface area contributed by atoms with Crippen molar-refractivity contribution in [2.75, 3.05) is 0 Å². The minimum Gasteiger partial charge on any atom is -0.488 e. The van der Waals surface area contributed by atoms with Gasteiger partial charge in [-0.2, -0.15) is 0 Å². The summed E-state index contributed by atoms with van der Waals surface area (Å²) in [7, 11) is 0. The van der Waals surface area contributed by atoms with Gasteiger partial charge in [0.05, 0.1) is 16.4 Å². The number of rotatable bonds is 5. The van der Waals surface area contributed by atoms with E-state index in [0.29, 0.717) is 17.9 Å². The summed E-state index contributed by atoms with van der Waals surface area (Å²) in [5.41, 5.74) is 0.343. The number of aliphatic hydroxyl groups excluding tert-OH is 1. The molecule has 0 amide bonds. The first-order valence-corrected chi connectivity index (χ1v) is 7.02. The fourth-order valence-corrected chi connectivity index (χ4v) is 2.89. The molecule has 1 heterocycles. The summed E-state index contributed by atoms with van der Waals surface area (Å²) in [5.74, 6) is 0.452. The first-order valence-electron chi connectivity index (χ1n) is 5.34. The molecule has 2 rings (SSSR count). The predicted octanol–water partition coefficient (Wildman–Crippen LogP) is 3.49. The lowest BCUT2D eigenvalue weighted by molar-refractivity contribution is -0.385. The summed E-state index contributed by atoms with van der Waals surface area (Å²) in [6.07, 6.45) is 0. The molecule has 0 atom stereocenters. The minimum absolute atomic E-state index is 0.0614. The normalized spacial score (nSPS) is 10.4. The Kier molecular flexibility index (Phi) is 4.52. The molecule has 1 aromatic heterocycles. The van der Waals surface area contributed by atoms with E-state index in [1.165, 1.54) is 18.2 Å². The molecule has 0 unspecified atom stereocenters. The number of non-ortho nitro benzene ring substituents is 1. The highest BCUT2D eigenvalue weighted by atomic mass is 79.9. The third-order valence-corrected chi connectivity index (χ3v) is 4.37. The van der Waals surface area contributed by atoms with Crippen LogP contribution in [0.1, 0.15) is 10.4 Å². The summed E-state index contributed by atoms with van der Waals surface area (Å²) in [5, 5.41) is 21.8. The van der Waals surface area contributed by atoms with Crippen LogP contribution in [0.5, 0.6) is 5.75 Å². The Labute approximate surface area is 121 Å². The van der Waals surface area contributed by atoms with E-state index in [4.69, 9.17) is 4.74 Å². The van der Waals surface area contributed by atoms with Crippen LogP contribution in [0.2, 0.25) is 0 Å². The van der Waals surface area contributed by atoms with Crippen LogP contribution < -0.4 is 4.74 Å². The van der Waals surface area contributed by atoms with E-state index in [1.54, 1.807) is 11.3 Å². The van der Waals surface area contributed by atoms with Crippen molar-refractivity contribution in [3.05, 3.63) is 54.7 Å². The van der Waals surface area contributed by atoms with Crippen molar-refractivity contribution in [2.45, 2.75) is 13.2 Å². The van der Waals surface area contributed by atoms with E-state index in [2.05, 4.69) is 15.9 Å². The zero-order chi connectivity index (χ0) is 13.8. The molecule has 0 bridgehead atoms. The highest BCUT2D eigenvalue weighted by molar-refractivity contribution is 9.10. The average molecular weight is 344 g/mol. The van der Waals surface area contributed by atoms with Crippen LogP contribution in [0.4, 0.5) is 5.69 Å². The Morgan fingerprint density at radius 1 is 1.42 bits per heavy atom. The van der Waals surface area contributed by atoms with Crippen molar-refractivity contribution in [2.24, 2.45) is 0 Å². The standard InChI is InChI=1S/C12H10BrNO4S/c13-10-3-4-19-12(10)7-18-11-2-1-9(14(16)17)5-8(11)6-15/h1-5,15H,6-7H2. The molecule has 0 saturated carbocycles. The molecule has 2 aromatic rings. The number of benzene rings is 1. The van der Waals surface area contributed by atoms with Gasteiger partial charge in [0, 0.05) is 22.2 Å². The Morgan fingerprint density at radius 2 is 2.21 bits per heavy atom. The van der Waals surface area contributed by atoms with Crippen LogP contribution in [0, 0.1) is 10.1 Å². The zero-order valence-corrected chi connectivity index (χ0v) is 12.1. The van der Waals surface area contributed by atoms with Gasteiger partial charge < -0.3 is 9.84 Å². The number of ether oxygens (including phenoxy) is 1. The van der Waals surface area contributed by atoms with Crippen molar-refractivity contribution < 1.29 is 14.8 Å². The first-order chi connectivity index (χ1) is 9.11. The van der Waals surface area contributed by atoms with E-state index in [1.807, 2.05) is 11.4 Å². The third kappa shape index (κ3) is 3.31. The lowest BCUT2D eigenvalue weighted by Gasteiger charge is -2.09. The van der Waals surface area contributed by atoms with Crippen LogP contribution in [-0.2, 0) is 13.2 Å². The zero-order valence-electron chi connectivity index (χ0n) is 9.71. The number of nitro benzene ring substituents is 1. The maximum absolute atomic E-state index is 10.6. The van der Waals surface area contributed by atoms with Crippen LogP contribution >= 0.6 is 27.3 Å². The van der Waals surface area contributed by atoms with Gasteiger partial charge in [-0.1, -0.05) is 0 Å². The van der Waals surface area contributed by atoms with Gasteiger partial charge in [0.15, 0.2) is 0 Å². The van der Waals surface area contributed by atoms with Crippen LogP contribution in [-0.4, -0.2) is 10.0 Å². The number of thiophene rings is 1. The van der Waals surface area contributed by atoms with E-state index in [0.717, 1.165) is 9.35 Å². The molecule has 100 valence electrons. The molecule has 0 fully saturated rings. The lowest BCUT2D eigenvalue weighted by atomic mass is 10.2. The van der Waals surface area contributed by atoms with E-state index in [9.17, 15) is 15.2 Å². The summed E-state index contributed by atoms with van der Waals surface area (Å²) < 4.78 is 6.55. The van der Waals surface area contributed by atoms with E-state index in [-0.39, 0.29) is 12.3 Å². The predicted molar refractivity (Wildman–Crippen MR) is 75.4 cm³/mol. The quantitative estimate of drug-likeness (QED) is 0.666. The van der Waals surface area contributed by atoms with Crippen LogP contribution in [0.25, 0.3) is 0 Å². The second-order valence-corrected chi connectivity index (χ2v) is 5.54. The molecule has 1 aromatic carbocycles. The number of nitro groups is 1. The summed E-state index contributed by atoms with van der Waals surface area (Å²) in [4.78, 5) is 11.2. The molecule has 0 aliphatic heterocycles. The lowest BCUT2D eigenvalue weighted by Crippen LogP contribution is -1.99. The smallest absolute Gasteiger partial charge is 0.270 e. The van der Waals surface area contributed by atoms with Crippen LogP contribution in [0.15, 0.2) is 34.1 Å². The van der Waals surface area contributed by atoms with Crippen molar-refractivity contribution in [1.29, 1.82) is 0 Å². The number of aliphatic hydroxyl groups is 1. The Balaban J connectivity index is 2.16. The summed E-state index contributed by atoms with van der Waals surface area (Å²) in [6, 6.07) is 6.11. The highest BCUT2D eigenvalue weighted by Gasteiger charge is 2.12. The second kappa shape index (κ2) is 6.14. The van der Waals surface area contributed by atoms with Gasteiger partial charge in [-0.15, -0.1) is 11.3 Å². The molecular formula is C12H10BrNO4S. The fraction of sp³-hybridized carbons (Fsp3) is 0.167. The molecular weight excluding hydrogens is 334 g/mol. The molecule has 1 N–H and O–H groups in total. The number of hydrogen-bond acceptors (Lipinski definition) is 5. The van der Waals surface area contributed by atoms with Crippen molar-refractivity contribution in [3.8, 4) is 5.75 Å². The molecule has 5 nitrogen and oxygen atoms in total. The van der Waals surface area contributed by atoms with Gasteiger partial charge in [0.1, 0.15) is 12.4 Å². The molecule has 0 saturated heterocycles. The third-order valence-electron chi connectivity index (χ3n) is 2.48. The van der Waals surface area contributed by atoms with E-state index < -0.39 is 4.92 Å².